The van der Waals surface area contributed by atoms with Crippen LogP contribution in [0, 0.1) is 19.7 Å². The van der Waals surface area contributed by atoms with E-state index in [1.54, 1.807) is 18.2 Å². The molecule has 0 saturated carbocycles. The Morgan fingerprint density at radius 2 is 2.09 bits per heavy atom. The van der Waals surface area contributed by atoms with Crippen LogP contribution in [-0.2, 0) is 6.42 Å². The van der Waals surface area contributed by atoms with Gasteiger partial charge in [0.15, 0.2) is 0 Å². The molecule has 0 fully saturated rings. The number of halogens is 2. The first-order valence-electron chi connectivity index (χ1n) is 7.27. The van der Waals surface area contributed by atoms with Crippen molar-refractivity contribution in [3.63, 3.8) is 0 Å². The molecule has 0 saturated heterocycles. The van der Waals surface area contributed by atoms with E-state index in [1.807, 2.05) is 13.8 Å². The Morgan fingerprint density at radius 3 is 2.78 bits per heavy atom. The topological polar surface area (TPSA) is 44.9 Å². The molecule has 0 atom stereocenters. The molecular weight excluding hydrogens is 335 g/mol. The Bertz CT molecular complexity index is 884. The molecule has 0 aliphatic rings. The average molecular weight is 351 g/mol. The lowest BCUT2D eigenvalue weighted by molar-refractivity contribution is 0.0958. The Morgan fingerprint density at radius 1 is 1.30 bits per heavy atom. The number of aryl methyl sites for hydroxylation is 2. The molecule has 0 bridgehead atoms. The van der Waals surface area contributed by atoms with Crippen molar-refractivity contribution in [3.05, 3.63) is 56.1 Å². The van der Waals surface area contributed by atoms with Gasteiger partial charge in [-0.05, 0) is 49.6 Å². The molecule has 6 heteroatoms. The molecule has 0 unspecified atom stereocenters. The van der Waals surface area contributed by atoms with Gasteiger partial charge in [0, 0.05) is 17.6 Å². The number of benzene rings is 1. The summed E-state index contributed by atoms with van der Waals surface area (Å²) in [5, 5.41) is 3.79. The monoisotopic (exact) mass is 350 g/mol. The van der Waals surface area contributed by atoms with E-state index in [1.165, 1.54) is 17.4 Å². The van der Waals surface area contributed by atoms with Gasteiger partial charge in [-0.15, -0.1) is 11.3 Å². The summed E-state index contributed by atoms with van der Waals surface area (Å²) in [6.45, 7) is 4.37. The van der Waals surface area contributed by atoms with Crippen molar-refractivity contribution in [1.82, 2.24) is 10.3 Å². The van der Waals surface area contributed by atoms with Gasteiger partial charge in [0.05, 0.1) is 14.7 Å². The molecule has 23 heavy (non-hydrogen) atoms. The van der Waals surface area contributed by atoms with E-state index in [0.717, 1.165) is 22.2 Å². The molecule has 0 aliphatic heterocycles. The largest absolute Gasteiger partial charge is 0.356 e. The van der Waals surface area contributed by atoms with Gasteiger partial charge in [0.25, 0.3) is 5.91 Å². The molecule has 0 aliphatic carbocycles. The van der Waals surface area contributed by atoms with Gasteiger partial charge in [0.1, 0.15) is 5.82 Å². The zero-order valence-electron chi connectivity index (χ0n) is 12.8. The number of thiophene rings is 1. The first kappa shape index (κ1) is 16.0. The maximum absolute atomic E-state index is 13.9. The molecule has 2 N–H and O–H groups in total. The van der Waals surface area contributed by atoms with Gasteiger partial charge in [-0.3, -0.25) is 4.79 Å². The Balaban J connectivity index is 1.76. The second-order valence-electron chi connectivity index (χ2n) is 5.45. The third kappa shape index (κ3) is 3.12. The van der Waals surface area contributed by atoms with Crippen LogP contribution in [0.4, 0.5) is 4.39 Å². The lowest BCUT2D eigenvalue weighted by Gasteiger charge is -2.06. The van der Waals surface area contributed by atoms with Crippen molar-refractivity contribution in [2.24, 2.45) is 0 Å². The second kappa shape index (κ2) is 6.34. The number of amides is 1. The van der Waals surface area contributed by atoms with Gasteiger partial charge in [-0.1, -0.05) is 17.7 Å². The van der Waals surface area contributed by atoms with Gasteiger partial charge in [0.2, 0.25) is 0 Å². The summed E-state index contributed by atoms with van der Waals surface area (Å²) in [5.74, 6) is -0.389. The Kier molecular flexibility index (Phi) is 4.41. The fourth-order valence-corrected chi connectivity index (χ4v) is 3.74. The number of fused-ring (bicyclic) bond motifs is 1. The highest BCUT2D eigenvalue weighted by atomic mass is 35.5. The molecule has 2 aromatic heterocycles. The number of aromatic amines is 1. The lowest BCUT2D eigenvalue weighted by Crippen LogP contribution is -2.24. The van der Waals surface area contributed by atoms with Crippen LogP contribution in [0.3, 0.4) is 0 Å². The van der Waals surface area contributed by atoms with E-state index >= 15 is 0 Å². The first-order chi connectivity index (χ1) is 11.0. The zero-order chi connectivity index (χ0) is 16.6. The van der Waals surface area contributed by atoms with E-state index in [4.69, 9.17) is 11.6 Å². The van der Waals surface area contributed by atoms with Gasteiger partial charge in [-0.2, -0.15) is 0 Å². The number of rotatable bonds is 4. The summed E-state index contributed by atoms with van der Waals surface area (Å²) in [4.78, 5) is 15.7. The molecule has 0 spiro atoms. The first-order valence-corrected chi connectivity index (χ1v) is 8.46. The highest BCUT2D eigenvalue weighted by Gasteiger charge is 2.14. The number of hydrogen-bond acceptors (Lipinski definition) is 2. The second-order valence-corrected chi connectivity index (χ2v) is 7.17. The number of H-pyrrole nitrogens is 1. The number of carbonyl (C=O) groups is 1. The third-order valence-corrected chi connectivity index (χ3v) is 5.12. The van der Waals surface area contributed by atoms with Gasteiger partial charge >= 0.3 is 0 Å². The minimum atomic E-state index is -0.253. The van der Waals surface area contributed by atoms with Crippen LogP contribution in [0.1, 0.15) is 26.5 Å². The SMILES string of the molecule is Cc1[nH]c2c(F)ccc(C)c2c1CCNC(=O)c1ccc(Cl)s1. The van der Waals surface area contributed by atoms with Crippen LogP contribution in [0.25, 0.3) is 10.9 Å². The van der Waals surface area contributed by atoms with E-state index < -0.39 is 0 Å². The van der Waals surface area contributed by atoms with E-state index in [0.29, 0.717) is 27.7 Å². The molecule has 2 heterocycles. The van der Waals surface area contributed by atoms with Crippen molar-refractivity contribution < 1.29 is 9.18 Å². The normalized spacial score (nSPS) is 11.1. The minimum absolute atomic E-state index is 0.137. The molecule has 120 valence electrons. The molecular formula is C17H16ClFN2OS. The zero-order valence-corrected chi connectivity index (χ0v) is 14.4. The predicted molar refractivity (Wildman–Crippen MR) is 93.1 cm³/mol. The van der Waals surface area contributed by atoms with Crippen molar-refractivity contribution in [1.29, 1.82) is 0 Å². The summed E-state index contributed by atoms with van der Waals surface area (Å²) in [7, 11) is 0. The predicted octanol–water partition coefficient (Wildman–Crippen LogP) is 4.61. The number of carbonyl (C=O) groups excluding carboxylic acids is 1. The molecule has 3 aromatic rings. The van der Waals surface area contributed by atoms with Gasteiger partial charge < -0.3 is 10.3 Å². The van der Waals surface area contributed by atoms with E-state index in [2.05, 4.69) is 10.3 Å². The summed E-state index contributed by atoms with van der Waals surface area (Å²) in [6, 6.07) is 6.66. The summed E-state index contributed by atoms with van der Waals surface area (Å²) >= 11 is 7.09. The number of nitrogens with one attached hydrogen (secondary N) is 2. The molecule has 1 aromatic carbocycles. The quantitative estimate of drug-likeness (QED) is 0.709. The summed E-state index contributed by atoms with van der Waals surface area (Å²) in [6.07, 6.45) is 0.640. The maximum atomic E-state index is 13.9. The highest BCUT2D eigenvalue weighted by Crippen LogP contribution is 2.28. The van der Waals surface area contributed by atoms with Crippen LogP contribution in [-0.4, -0.2) is 17.4 Å². The van der Waals surface area contributed by atoms with Crippen LogP contribution in [0.15, 0.2) is 24.3 Å². The van der Waals surface area contributed by atoms with Crippen molar-refractivity contribution in [2.75, 3.05) is 6.54 Å². The van der Waals surface area contributed by atoms with Crippen molar-refractivity contribution >= 4 is 39.7 Å². The van der Waals surface area contributed by atoms with Crippen molar-refractivity contribution in [2.45, 2.75) is 20.3 Å². The van der Waals surface area contributed by atoms with Gasteiger partial charge in [-0.25, -0.2) is 4.39 Å². The van der Waals surface area contributed by atoms with E-state index in [-0.39, 0.29) is 11.7 Å². The van der Waals surface area contributed by atoms with Crippen LogP contribution < -0.4 is 5.32 Å². The Hall–Kier alpha value is -1.85. The highest BCUT2D eigenvalue weighted by molar-refractivity contribution is 7.17. The molecule has 1 amide bonds. The smallest absolute Gasteiger partial charge is 0.261 e. The maximum Gasteiger partial charge on any atom is 0.261 e. The average Bonchev–Trinajstić information content (AvgIpc) is 3.08. The van der Waals surface area contributed by atoms with Crippen LogP contribution >= 0.6 is 22.9 Å². The lowest BCUT2D eigenvalue weighted by atomic mass is 10.0. The summed E-state index contributed by atoms with van der Waals surface area (Å²) in [5.41, 5.74) is 3.54. The third-order valence-electron chi connectivity index (χ3n) is 3.89. The minimum Gasteiger partial charge on any atom is -0.356 e. The van der Waals surface area contributed by atoms with Crippen LogP contribution in [0.2, 0.25) is 4.34 Å². The molecule has 0 radical (unpaired) electrons. The van der Waals surface area contributed by atoms with Crippen LogP contribution in [0.5, 0.6) is 0 Å². The fourth-order valence-electron chi connectivity index (χ4n) is 2.78. The molecule has 3 nitrogen and oxygen atoms in total. The standard InChI is InChI=1S/C17H16ClFN2OS/c1-9-3-4-12(19)16-15(9)11(10(2)21-16)7-8-20-17(22)13-5-6-14(18)23-13/h3-6,21H,7-8H2,1-2H3,(H,20,22). The Labute approximate surface area is 142 Å². The van der Waals surface area contributed by atoms with Crippen molar-refractivity contribution in [3.8, 4) is 0 Å². The summed E-state index contributed by atoms with van der Waals surface area (Å²) < 4.78 is 14.5. The number of hydrogen-bond donors (Lipinski definition) is 2. The molecule has 3 rings (SSSR count). The number of aromatic nitrogens is 1. The van der Waals surface area contributed by atoms with E-state index in [9.17, 15) is 9.18 Å². The fraction of sp³-hybridized carbons (Fsp3) is 0.235.